The van der Waals surface area contributed by atoms with E-state index in [-0.39, 0.29) is 6.04 Å². The van der Waals surface area contributed by atoms with Gasteiger partial charge in [0, 0.05) is 12.6 Å². The Labute approximate surface area is 116 Å². The Morgan fingerprint density at radius 1 is 1.26 bits per heavy atom. The molecule has 0 spiro atoms. The van der Waals surface area contributed by atoms with Crippen molar-refractivity contribution in [2.75, 3.05) is 26.2 Å². The van der Waals surface area contributed by atoms with Gasteiger partial charge >= 0.3 is 0 Å². The summed E-state index contributed by atoms with van der Waals surface area (Å²) >= 11 is 0. The topological polar surface area (TPSA) is 38.5 Å². The molecule has 2 rings (SSSR count). The second kappa shape index (κ2) is 6.92. The molecule has 2 N–H and O–H groups in total. The summed E-state index contributed by atoms with van der Waals surface area (Å²) in [6, 6.07) is 6.32. The van der Waals surface area contributed by atoms with Crippen LogP contribution >= 0.6 is 0 Å². The van der Waals surface area contributed by atoms with Gasteiger partial charge in [0.2, 0.25) is 0 Å². The van der Waals surface area contributed by atoms with Crippen LogP contribution in [0.1, 0.15) is 43.4 Å². The molecule has 0 saturated carbocycles. The molecule has 1 aromatic rings. The van der Waals surface area contributed by atoms with Gasteiger partial charge < -0.3 is 10.5 Å². The lowest BCUT2D eigenvalue weighted by molar-refractivity contribution is 0.183. The van der Waals surface area contributed by atoms with Crippen LogP contribution in [0, 0.1) is 6.92 Å². The highest BCUT2D eigenvalue weighted by molar-refractivity contribution is 5.37. The van der Waals surface area contributed by atoms with Crippen molar-refractivity contribution in [3.8, 4) is 5.75 Å². The van der Waals surface area contributed by atoms with Crippen molar-refractivity contribution in [1.29, 1.82) is 0 Å². The Morgan fingerprint density at radius 3 is 2.63 bits per heavy atom. The zero-order valence-corrected chi connectivity index (χ0v) is 12.2. The van der Waals surface area contributed by atoms with Crippen LogP contribution in [0.2, 0.25) is 0 Å². The third kappa shape index (κ3) is 4.22. The fourth-order valence-electron chi connectivity index (χ4n) is 2.59. The Bertz CT molecular complexity index is 398. The minimum absolute atomic E-state index is 0.0844. The molecule has 0 bridgehead atoms. The summed E-state index contributed by atoms with van der Waals surface area (Å²) in [5, 5.41) is 0. The summed E-state index contributed by atoms with van der Waals surface area (Å²) in [6.45, 7) is 8.36. The standard InChI is InChI=1S/C16H26N2O/c1-13-12-15(14(2)17)6-7-16(13)19-11-10-18-8-4-3-5-9-18/h6-7,12,14H,3-5,8-11,17H2,1-2H3. The quantitative estimate of drug-likeness (QED) is 0.886. The fraction of sp³-hybridized carbons (Fsp3) is 0.625. The largest absolute Gasteiger partial charge is 0.492 e. The van der Waals surface area contributed by atoms with Crippen molar-refractivity contribution >= 4 is 0 Å². The first-order valence-corrected chi connectivity index (χ1v) is 7.38. The van der Waals surface area contributed by atoms with Crippen LogP contribution in [-0.2, 0) is 0 Å². The molecule has 106 valence electrons. The van der Waals surface area contributed by atoms with Gasteiger partial charge in [-0.3, -0.25) is 4.90 Å². The third-order valence-corrected chi connectivity index (χ3v) is 3.84. The van der Waals surface area contributed by atoms with Crippen molar-refractivity contribution in [3.63, 3.8) is 0 Å². The van der Waals surface area contributed by atoms with Gasteiger partial charge in [-0.15, -0.1) is 0 Å². The molecule has 3 heteroatoms. The Hall–Kier alpha value is -1.06. The molecule has 1 fully saturated rings. The zero-order chi connectivity index (χ0) is 13.7. The maximum absolute atomic E-state index is 5.89. The molecule has 1 aliphatic rings. The van der Waals surface area contributed by atoms with Gasteiger partial charge in [-0.05, 0) is 57.0 Å². The average Bonchev–Trinajstić information content (AvgIpc) is 2.41. The highest BCUT2D eigenvalue weighted by atomic mass is 16.5. The molecule has 1 unspecified atom stereocenters. The fourth-order valence-corrected chi connectivity index (χ4v) is 2.59. The van der Waals surface area contributed by atoms with Gasteiger partial charge in [-0.25, -0.2) is 0 Å². The number of ether oxygens (including phenoxy) is 1. The van der Waals surface area contributed by atoms with E-state index in [2.05, 4.69) is 24.0 Å². The van der Waals surface area contributed by atoms with Gasteiger partial charge in [0.05, 0.1) is 0 Å². The number of nitrogens with two attached hydrogens (primary N) is 1. The molecule has 19 heavy (non-hydrogen) atoms. The van der Waals surface area contributed by atoms with E-state index in [1.165, 1.54) is 43.5 Å². The minimum Gasteiger partial charge on any atom is -0.492 e. The molecular weight excluding hydrogens is 236 g/mol. The number of benzene rings is 1. The first-order chi connectivity index (χ1) is 9.16. The molecule has 0 aliphatic carbocycles. The summed E-state index contributed by atoms with van der Waals surface area (Å²) in [7, 11) is 0. The lowest BCUT2D eigenvalue weighted by atomic mass is 10.1. The van der Waals surface area contributed by atoms with E-state index < -0.39 is 0 Å². The first-order valence-electron chi connectivity index (χ1n) is 7.38. The van der Waals surface area contributed by atoms with Gasteiger partial charge in [0.1, 0.15) is 12.4 Å². The van der Waals surface area contributed by atoms with E-state index in [4.69, 9.17) is 10.5 Å². The number of hydrogen-bond acceptors (Lipinski definition) is 3. The molecule has 3 nitrogen and oxygen atoms in total. The maximum atomic E-state index is 5.89. The monoisotopic (exact) mass is 262 g/mol. The first kappa shape index (κ1) is 14.4. The molecule has 1 aliphatic heterocycles. The summed E-state index contributed by atoms with van der Waals surface area (Å²) in [5.41, 5.74) is 8.22. The van der Waals surface area contributed by atoms with Crippen LogP contribution in [0.25, 0.3) is 0 Å². The summed E-state index contributed by atoms with van der Waals surface area (Å²) in [5.74, 6) is 0.987. The Morgan fingerprint density at radius 2 is 2.00 bits per heavy atom. The van der Waals surface area contributed by atoms with Crippen molar-refractivity contribution in [2.24, 2.45) is 5.73 Å². The van der Waals surface area contributed by atoms with Crippen molar-refractivity contribution in [2.45, 2.75) is 39.2 Å². The number of likely N-dealkylation sites (tertiary alicyclic amines) is 1. The molecule has 0 amide bonds. The Kier molecular flexibility index (Phi) is 5.23. The zero-order valence-electron chi connectivity index (χ0n) is 12.2. The summed E-state index contributed by atoms with van der Waals surface area (Å²) < 4.78 is 5.89. The summed E-state index contributed by atoms with van der Waals surface area (Å²) in [6.07, 6.45) is 4.05. The van der Waals surface area contributed by atoms with E-state index in [0.29, 0.717) is 0 Å². The second-order valence-electron chi connectivity index (χ2n) is 5.56. The van der Waals surface area contributed by atoms with E-state index in [1.807, 2.05) is 13.0 Å². The molecule has 1 heterocycles. The Balaban J connectivity index is 1.82. The molecule has 1 atom stereocenters. The highest BCUT2D eigenvalue weighted by Crippen LogP contribution is 2.21. The van der Waals surface area contributed by atoms with Crippen molar-refractivity contribution in [3.05, 3.63) is 29.3 Å². The number of nitrogens with zero attached hydrogens (tertiary/aromatic N) is 1. The predicted octanol–water partition coefficient (Wildman–Crippen LogP) is 2.88. The minimum atomic E-state index is 0.0844. The van der Waals surface area contributed by atoms with Gasteiger partial charge in [-0.2, -0.15) is 0 Å². The normalized spacial score (nSPS) is 18.3. The van der Waals surface area contributed by atoms with E-state index in [9.17, 15) is 0 Å². The molecule has 0 aromatic heterocycles. The van der Waals surface area contributed by atoms with Crippen LogP contribution in [0.15, 0.2) is 18.2 Å². The molecular formula is C16H26N2O. The SMILES string of the molecule is Cc1cc(C(C)N)ccc1OCCN1CCCCC1. The van der Waals surface area contributed by atoms with Gasteiger partial charge in [0.15, 0.2) is 0 Å². The average molecular weight is 262 g/mol. The van der Waals surface area contributed by atoms with Crippen LogP contribution < -0.4 is 10.5 Å². The van der Waals surface area contributed by atoms with Gasteiger partial charge in [-0.1, -0.05) is 18.6 Å². The third-order valence-electron chi connectivity index (χ3n) is 3.84. The van der Waals surface area contributed by atoms with Crippen molar-refractivity contribution < 1.29 is 4.74 Å². The second-order valence-corrected chi connectivity index (χ2v) is 5.56. The number of aryl methyl sites for hydroxylation is 1. The van der Waals surface area contributed by atoms with Crippen LogP contribution in [-0.4, -0.2) is 31.1 Å². The van der Waals surface area contributed by atoms with E-state index in [0.717, 1.165) is 18.9 Å². The number of piperidine rings is 1. The van der Waals surface area contributed by atoms with Crippen LogP contribution in [0.3, 0.4) is 0 Å². The van der Waals surface area contributed by atoms with Gasteiger partial charge in [0.25, 0.3) is 0 Å². The molecule has 1 saturated heterocycles. The van der Waals surface area contributed by atoms with Crippen LogP contribution in [0.4, 0.5) is 0 Å². The van der Waals surface area contributed by atoms with E-state index >= 15 is 0 Å². The number of rotatable bonds is 5. The maximum Gasteiger partial charge on any atom is 0.122 e. The lowest BCUT2D eigenvalue weighted by Gasteiger charge is -2.26. The number of hydrogen-bond donors (Lipinski definition) is 1. The smallest absolute Gasteiger partial charge is 0.122 e. The molecule has 0 radical (unpaired) electrons. The summed E-state index contributed by atoms with van der Waals surface area (Å²) in [4.78, 5) is 2.50. The highest BCUT2D eigenvalue weighted by Gasteiger charge is 2.10. The van der Waals surface area contributed by atoms with Crippen molar-refractivity contribution in [1.82, 2.24) is 4.90 Å². The lowest BCUT2D eigenvalue weighted by Crippen LogP contribution is -2.33. The predicted molar refractivity (Wildman–Crippen MR) is 79.6 cm³/mol. The molecule has 1 aromatic carbocycles. The van der Waals surface area contributed by atoms with E-state index in [1.54, 1.807) is 0 Å². The van der Waals surface area contributed by atoms with Crippen LogP contribution in [0.5, 0.6) is 5.75 Å².